The van der Waals surface area contributed by atoms with Crippen LogP contribution in [-0.4, -0.2) is 41.1 Å². The maximum absolute atomic E-state index is 10.6. The highest BCUT2D eigenvalue weighted by molar-refractivity contribution is 7.73. The van der Waals surface area contributed by atoms with E-state index in [4.69, 9.17) is 26.4 Å². The van der Waals surface area contributed by atoms with Gasteiger partial charge in [-0.1, -0.05) is 0 Å². The fourth-order valence-electron chi connectivity index (χ4n) is 3.09. The molecule has 30 heavy (non-hydrogen) atoms. The molecule has 154 valence electrons. The van der Waals surface area contributed by atoms with Gasteiger partial charge in [0, 0.05) is 12.7 Å². The van der Waals surface area contributed by atoms with Gasteiger partial charge in [-0.2, -0.15) is 10.3 Å². The third-order valence-electron chi connectivity index (χ3n) is 4.59. The molecule has 1 aromatic heterocycles. The summed E-state index contributed by atoms with van der Waals surface area (Å²) in [5, 5.41) is 20.0. The van der Waals surface area contributed by atoms with Crippen LogP contribution in [0.5, 0.6) is 11.6 Å². The second-order valence-corrected chi connectivity index (χ2v) is 8.25. The molecular formula is C20H18N4O4S2. The number of hydrogen-bond acceptors (Lipinski definition) is 9. The minimum absolute atomic E-state index is 0.0332. The molecule has 1 N–H and O–H groups in total. The van der Waals surface area contributed by atoms with E-state index in [1.165, 1.54) is 11.3 Å². The quantitative estimate of drug-likeness (QED) is 0.697. The summed E-state index contributed by atoms with van der Waals surface area (Å²) in [5.74, 6) is 0.988. The molecule has 1 atom stereocenters. The van der Waals surface area contributed by atoms with Gasteiger partial charge in [-0.3, -0.25) is 4.57 Å². The van der Waals surface area contributed by atoms with Crippen LogP contribution in [-0.2, 0) is 16.0 Å². The first kappa shape index (κ1) is 20.3. The number of ether oxygens (including phenoxy) is 3. The summed E-state index contributed by atoms with van der Waals surface area (Å²) in [6.45, 7) is 1.23. The van der Waals surface area contributed by atoms with Gasteiger partial charge in [0.05, 0.1) is 30.3 Å². The van der Waals surface area contributed by atoms with Gasteiger partial charge in [0.25, 0.3) is 5.90 Å². The van der Waals surface area contributed by atoms with E-state index in [1.54, 1.807) is 42.0 Å². The van der Waals surface area contributed by atoms with E-state index >= 15 is 0 Å². The molecule has 0 saturated carbocycles. The Bertz CT molecular complexity index is 1130. The van der Waals surface area contributed by atoms with Crippen molar-refractivity contribution in [2.24, 2.45) is 9.98 Å². The SMILES string of the molecule is COc1ccc(N=C2O/C(=C\c3sc(=S)n(CC4CCCO4)c3O)N=C2C#N)cc1. The van der Waals surface area contributed by atoms with Gasteiger partial charge in [-0.05, 0) is 49.3 Å². The van der Waals surface area contributed by atoms with Crippen LogP contribution in [0.4, 0.5) is 5.69 Å². The van der Waals surface area contributed by atoms with Crippen molar-refractivity contribution in [2.75, 3.05) is 13.7 Å². The minimum Gasteiger partial charge on any atom is -0.497 e. The molecule has 3 heterocycles. The largest absolute Gasteiger partial charge is 0.497 e. The fourth-order valence-corrected chi connectivity index (χ4v) is 4.34. The molecule has 0 amide bonds. The number of methoxy groups -OCH3 is 1. The average molecular weight is 443 g/mol. The Hall–Kier alpha value is -3.00. The first-order valence-electron chi connectivity index (χ1n) is 9.23. The lowest BCUT2D eigenvalue weighted by atomic mass is 10.2. The normalized spacial score (nSPS) is 20.9. The number of nitrogens with zero attached hydrogens (tertiary/aromatic N) is 4. The highest BCUT2D eigenvalue weighted by atomic mass is 32.1. The Morgan fingerprint density at radius 3 is 2.93 bits per heavy atom. The number of benzene rings is 1. The third kappa shape index (κ3) is 4.28. The fraction of sp³-hybridized carbons (Fsp3) is 0.300. The zero-order valence-electron chi connectivity index (χ0n) is 16.1. The molecule has 10 heteroatoms. The van der Waals surface area contributed by atoms with Crippen molar-refractivity contribution in [2.45, 2.75) is 25.5 Å². The zero-order chi connectivity index (χ0) is 21.1. The van der Waals surface area contributed by atoms with Crippen LogP contribution in [0.15, 0.2) is 40.1 Å². The van der Waals surface area contributed by atoms with Gasteiger partial charge in [0.1, 0.15) is 11.8 Å². The van der Waals surface area contributed by atoms with E-state index in [-0.39, 0.29) is 29.5 Å². The Balaban J connectivity index is 1.57. The van der Waals surface area contributed by atoms with Gasteiger partial charge in [-0.25, -0.2) is 4.99 Å². The predicted octanol–water partition coefficient (Wildman–Crippen LogP) is 4.20. The molecule has 0 aliphatic carbocycles. The van der Waals surface area contributed by atoms with Crippen LogP contribution < -0.4 is 4.74 Å². The highest BCUT2D eigenvalue weighted by Gasteiger charge is 2.24. The lowest BCUT2D eigenvalue weighted by Crippen LogP contribution is -2.14. The van der Waals surface area contributed by atoms with Crippen molar-refractivity contribution in [3.05, 3.63) is 39.0 Å². The van der Waals surface area contributed by atoms with E-state index < -0.39 is 0 Å². The van der Waals surface area contributed by atoms with Gasteiger partial charge in [0.15, 0.2) is 3.95 Å². The maximum Gasteiger partial charge on any atom is 0.258 e. The predicted molar refractivity (Wildman–Crippen MR) is 116 cm³/mol. The summed E-state index contributed by atoms with van der Waals surface area (Å²) in [6.07, 6.45) is 3.55. The molecule has 1 unspecified atom stereocenters. The lowest BCUT2D eigenvalue weighted by molar-refractivity contribution is 0.0948. The topological polar surface area (TPSA) is 101 Å². The Labute approximate surface area is 182 Å². The second kappa shape index (κ2) is 8.79. The summed E-state index contributed by atoms with van der Waals surface area (Å²) < 4.78 is 18.6. The van der Waals surface area contributed by atoms with Gasteiger partial charge in [-0.15, -0.1) is 11.3 Å². The Kier molecular flexibility index (Phi) is 5.94. The van der Waals surface area contributed by atoms with Crippen molar-refractivity contribution >= 4 is 46.9 Å². The maximum atomic E-state index is 10.6. The standard InChI is InChI=1S/C20H18N4O4S2/c1-26-13-6-4-12(5-7-13)22-18-15(10-21)23-17(28-18)9-16-19(25)24(20(29)30-16)11-14-3-2-8-27-14/h4-7,9,14,25H,2-3,8,11H2,1H3/b17-9-,22-18?. The van der Waals surface area contributed by atoms with E-state index in [1.807, 2.05) is 6.07 Å². The lowest BCUT2D eigenvalue weighted by Gasteiger charge is -2.10. The van der Waals surface area contributed by atoms with E-state index in [2.05, 4.69) is 9.98 Å². The van der Waals surface area contributed by atoms with Crippen LogP contribution >= 0.6 is 23.6 Å². The van der Waals surface area contributed by atoms with Crippen LogP contribution in [0.2, 0.25) is 0 Å². The number of hydrogen-bond donors (Lipinski definition) is 1. The third-order valence-corrected chi connectivity index (χ3v) is 5.98. The average Bonchev–Trinajstić information content (AvgIpc) is 3.46. The molecule has 1 saturated heterocycles. The number of thiazole rings is 1. The molecule has 2 aliphatic rings. The summed E-state index contributed by atoms with van der Waals surface area (Å²) in [5.41, 5.74) is 0.648. The number of nitriles is 1. The second-order valence-electron chi connectivity index (χ2n) is 6.57. The summed E-state index contributed by atoms with van der Waals surface area (Å²) in [4.78, 5) is 9.00. The van der Waals surface area contributed by atoms with Crippen molar-refractivity contribution in [3.63, 3.8) is 0 Å². The molecule has 1 fully saturated rings. The van der Waals surface area contributed by atoms with E-state index in [0.717, 1.165) is 19.4 Å². The van der Waals surface area contributed by atoms with Gasteiger partial charge < -0.3 is 19.3 Å². The number of aliphatic imine (C=N–C) groups is 2. The number of rotatable bonds is 5. The first-order chi connectivity index (χ1) is 14.6. The smallest absolute Gasteiger partial charge is 0.258 e. The van der Waals surface area contributed by atoms with Gasteiger partial charge in [0.2, 0.25) is 17.5 Å². The zero-order valence-corrected chi connectivity index (χ0v) is 17.7. The summed E-state index contributed by atoms with van der Waals surface area (Å²) in [7, 11) is 1.58. The van der Waals surface area contributed by atoms with Crippen molar-refractivity contribution < 1.29 is 19.3 Å². The van der Waals surface area contributed by atoms with Crippen LogP contribution in [0.3, 0.4) is 0 Å². The molecule has 1 aromatic carbocycles. The van der Waals surface area contributed by atoms with E-state index in [0.29, 0.717) is 26.8 Å². The molecular weight excluding hydrogens is 424 g/mol. The van der Waals surface area contributed by atoms with Crippen molar-refractivity contribution in [1.29, 1.82) is 5.26 Å². The molecule has 0 bridgehead atoms. The van der Waals surface area contributed by atoms with Crippen LogP contribution in [0.1, 0.15) is 17.7 Å². The Morgan fingerprint density at radius 1 is 1.47 bits per heavy atom. The molecule has 8 nitrogen and oxygen atoms in total. The van der Waals surface area contributed by atoms with E-state index in [9.17, 15) is 10.4 Å². The molecule has 4 rings (SSSR count). The first-order valence-corrected chi connectivity index (χ1v) is 10.5. The number of aromatic hydroxyl groups is 1. The molecule has 0 radical (unpaired) electrons. The highest BCUT2D eigenvalue weighted by Crippen LogP contribution is 2.31. The van der Waals surface area contributed by atoms with Crippen LogP contribution in [0, 0.1) is 15.3 Å². The minimum atomic E-state index is 0.0332. The summed E-state index contributed by atoms with van der Waals surface area (Å²) >= 11 is 6.63. The van der Waals surface area contributed by atoms with Gasteiger partial charge >= 0.3 is 0 Å². The molecule has 2 aliphatic heterocycles. The number of aromatic nitrogens is 1. The van der Waals surface area contributed by atoms with Crippen molar-refractivity contribution in [3.8, 4) is 17.7 Å². The molecule has 0 spiro atoms. The Morgan fingerprint density at radius 2 is 2.27 bits per heavy atom. The summed E-state index contributed by atoms with van der Waals surface area (Å²) in [6, 6.07) is 8.99. The van der Waals surface area contributed by atoms with Crippen molar-refractivity contribution in [1.82, 2.24) is 4.57 Å². The monoisotopic (exact) mass is 442 g/mol. The van der Waals surface area contributed by atoms with Crippen LogP contribution in [0.25, 0.3) is 6.08 Å². The molecule has 2 aromatic rings.